The highest BCUT2D eigenvalue weighted by Crippen LogP contribution is 2.28. The number of aliphatic carboxylic acids is 1. The fourth-order valence-corrected chi connectivity index (χ4v) is 2.26. The number of rotatable bonds is 4. The van der Waals surface area contributed by atoms with E-state index in [1.165, 1.54) is 0 Å². The highest BCUT2D eigenvalue weighted by molar-refractivity contribution is 5.75. The minimum Gasteiger partial charge on any atom is -0.481 e. The first-order valence-electron chi connectivity index (χ1n) is 6.04. The Morgan fingerprint density at radius 2 is 2.12 bits per heavy atom. The van der Waals surface area contributed by atoms with Gasteiger partial charge in [-0.1, -0.05) is 19.0 Å². The van der Waals surface area contributed by atoms with Gasteiger partial charge in [-0.15, -0.1) is 0 Å². The van der Waals surface area contributed by atoms with E-state index in [2.05, 4.69) is 10.1 Å². The molecular weight excluding hydrogens is 220 g/mol. The second-order valence-electron chi connectivity index (χ2n) is 4.84. The lowest BCUT2D eigenvalue weighted by atomic mass is 9.93. The fraction of sp³-hybridized carbons (Fsp3) is 0.667. The zero-order chi connectivity index (χ0) is 12.4. The van der Waals surface area contributed by atoms with Crippen LogP contribution in [0.2, 0.25) is 0 Å². The minimum atomic E-state index is -0.857. The molecule has 1 N–H and O–H groups in total. The first-order valence-corrected chi connectivity index (χ1v) is 6.04. The van der Waals surface area contributed by atoms with Crippen LogP contribution in [-0.4, -0.2) is 29.3 Å². The van der Waals surface area contributed by atoms with Gasteiger partial charge in [-0.2, -0.15) is 0 Å². The molecule has 1 aromatic heterocycles. The van der Waals surface area contributed by atoms with Crippen molar-refractivity contribution in [2.24, 2.45) is 5.92 Å². The highest BCUT2D eigenvalue weighted by atomic mass is 16.5. The van der Waals surface area contributed by atoms with Crippen molar-refractivity contribution < 1.29 is 14.4 Å². The zero-order valence-corrected chi connectivity index (χ0v) is 10.2. The Hall–Kier alpha value is -1.52. The normalized spacial score (nSPS) is 17.7. The molecule has 0 amide bonds. The molecule has 5 heteroatoms. The van der Waals surface area contributed by atoms with E-state index in [-0.39, 0.29) is 5.92 Å². The molecule has 0 saturated carbocycles. The standard InChI is InChI=1S/C12H18N2O3/c1-8(2)11(12(15)16)9-7-10(13-17-9)14-5-3-4-6-14/h7-8,11H,3-6H2,1-2H3,(H,15,16). The van der Waals surface area contributed by atoms with Crippen LogP contribution in [0.5, 0.6) is 0 Å². The van der Waals surface area contributed by atoms with Crippen molar-refractivity contribution in [1.29, 1.82) is 0 Å². The second-order valence-corrected chi connectivity index (χ2v) is 4.84. The van der Waals surface area contributed by atoms with E-state index in [0.29, 0.717) is 5.76 Å². The van der Waals surface area contributed by atoms with Gasteiger partial charge in [0.1, 0.15) is 5.92 Å². The van der Waals surface area contributed by atoms with Crippen molar-refractivity contribution in [3.63, 3.8) is 0 Å². The minimum absolute atomic E-state index is 0.00752. The van der Waals surface area contributed by atoms with Crippen LogP contribution < -0.4 is 4.90 Å². The number of aromatic nitrogens is 1. The summed E-state index contributed by atoms with van der Waals surface area (Å²) in [5.41, 5.74) is 0. The number of carbonyl (C=O) groups is 1. The maximum Gasteiger partial charge on any atom is 0.314 e. The van der Waals surface area contributed by atoms with Gasteiger partial charge in [-0.05, 0) is 18.8 Å². The summed E-state index contributed by atoms with van der Waals surface area (Å²) in [7, 11) is 0. The van der Waals surface area contributed by atoms with Gasteiger partial charge >= 0.3 is 5.97 Å². The molecule has 0 aliphatic carbocycles. The summed E-state index contributed by atoms with van der Waals surface area (Å²) >= 11 is 0. The summed E-state index contributed by atoms with van der Waals surface area (Å²) in [6, 6.07) is 1.77. The topological polar surface area (TPSA) is 66.6 Å². The smallest absolute Gasteiger partial charge is 0.314 e. The van der Waals surface area contributed by atoms with Crippen LogP contribution in [0.1, 0.15) is 38.4 Å². The van der Waals surface area contributed by atoms with Crippen molar-refractivity contribution in [2.75, 3.05) is 18.0 Å². The van der Waals surface area contributed by atoms with Crippen molar-refractivity contribution in [3.05, 3.63) is 11.8 Å². The lowest BCUT2D eigenvalue weighted by Gasteiger charge is -2.13. The Balaban J connectivity index is 2.18. The highest BCUT2D eigenvalue weighted by Gasteiger charge is 2.29. The maximum absolute atomic E-state index is 11.2. The van der Waals surface area contributed by atoms with E-state index in [4.69, 9.17) is 4.52 Å². The largest absolute Gasteiger partial charge is 0.481 e. The SMILES string of the molecule is CC(C)C(C(=O)O)c1cc(N2CCCC2)no1. The first-order chi connectivity index (χ1) is 8.09. The van der Waals surface area contributed by atoms with Crippen LogP contribution in [0.25, 0.3) is 0 Å². The number of anilines is 1. The van der Waals surface area contributed by atoms with E-state index in [1.54, 1.807) is 6.07 Å². The molecule has 5 nitrogen and oxygen atoms in total. The molecule has 2 heterocycles. The maximum atomic E-state index is 11.2. The monoisotopic (exact) mass is 238 g/mol. The number of carboxylic acid groups (broad SMARTS) is 1. The quantitative estimate of drug-likeness (QED) is 0.870. The molecule has 0 bridgehead atoms. The lowest BCUT2D eigenvalue weighted by molar-refractivity contribution is -0.140. The molecule has 17 heavy (non-hydrogen) atoms. The van der Waals surface area contributed by atoms with E-state index in [1.807, 2.05) is 13.8 Å². The molecule has 1 fully saturated rings. The van der Waals surface area contributed by atoms with Crippen molar-refractivity contribution >= 4 is 11.8 Å². The molecule has 1 aliphatic rings. The molecule has 2 rings (SSSR count). The third-order valence-electron chi connectivity index (χ3n) is 3.19. The Labute approximate surface area is 100 Å². The number of hydrogen-bond donors (Lipinski definition) is 1. The predicted octanol–water partition coefficient (Wildman–Crippen LogP) is 2.10. The van der Waals surface area contributed by atoms with Gasteiger partial charge in [-0.3, -0.25) is 4.79 Å². The second kappa shape index (κ2) is 4.77. The van der Waals surface area contributed by atoms with E-state index < -0.39 is 11.9 Å². The average molecular weight is 238 g/mol. The van der Waals surface area contributed by atoms with Crippen molar-refractivity contribution in [2.45, 2.75) is 32.6 Å². The molecule has 1 unspecified atom stereocenters. The van der Waals surface area contributed by atoms with E-state index in [0.717, 1.165) is 31.7 Å². The summed E-state index contributed by atoms with van der Waals surface area (Å²) < 4.78 is 5.19. The molecule has 0 aromatic carbocycles. The number of nitrogens with zero attached hydrogens (tertiary/aromatic N) is 2. The summed E-state index contributed by atoms with van der Waals surface area (Å²) in [6.07, 6.45) is 2.32. The van der Waals surface area contributed by atoms with Gasteiger partial charge < -0.3 is 14.5 Å². The van der Waals surface area contributed by atoms with Gasteiger partial charge in [-0.25, -0.2) is 0 Å². The number of carboxylic acids is 1. The third-order valence-corrected chi connectivity index (χ3v) is 3.19. The summed E-state index contributed by atoms with van der Waals surface area (Å²) in [6.45, 7) is 5.70. The Morgan fingerprint density at radius 3 is 2.65 bits per heavy atom. The molecule has 0 radical (unpaired) electrons. The van der Waals surface area contributed by atoms with Crippen LogP contribution in [0.4, 0.5) is 5.82 Å². The van der Waals surface area contributed by atoms with Crippen LogP contribution in [0.3, 0.4) is 0 Å². The summed E-state index contributed by atoms with van der Waals surface area (Å²) in [5, 5.41) is 13.1. The molecule has 0 spiro atoms. The Bertz CT molecular complexity index is 394. The van der Waals surface area contributed by atoms with E-state index >= 15 is 0 Å². The molecule has 1 aromatic rings. The van der Waals surface area contributed by atoms with Gasteiger partial charge in [0.15, 0.2) is 11.6 Å². The fourth-order valence-electron chi connectivity index (χ4n) is 2.26. The Kier molecular flexibility index (Phi) is 3.36. The molecule has 94 valence electrons. The van der Waals surface area contributed by atoms with Crippen LogP contribution >= 0.6 is 0 Å². The van der Waals surface area contributed by atoms with Gasteiger partial charge in [0, 0.05) is 19.2 Å². The lowest BCUT2D eigenvalue weighted by Crippen LogP contribution is -2.18. The number of hydrogen-bond acceptors (Lipinski definition) is 4. The molecule has 1 aliphatic heterocycles. The van der Waals surface area contributed by atoms with Crippen LogP contribution in [0.15, 0.2) is 10.6 Å². The van der Waals surface area contributed by atoms with Crippen molar-refractivity contribution in [1.82, 2.24) is 5.16 Å². The summed E-state index contributed by atoms with van der Waals surface area (Å²) in [5.74, 6) is -0.256. The predicted molar refractivity (Wildman–Crippen MR) is 63.2 cm³/mol. The van der Waals surface area contributed by atoms with Gasteiger partial charge in [0.05, 0.1) is 0 Å². The van der Waals surface area contributed by atoms with Gasteiger partial charge in [0.25, 0.3) is 0 Å². The van der Waals surface area contributed by atoms with Crippen LogP contribution in [-0.2, 0) is 4.79 Å². The third kappa shape index (κ3) is 2.43. The average Bonchev–Trinajstić information content (AvgIpc) is 2.83. The molecule has 1 saturated heterocycles. The zero-order valence-electron chi connectivity index (χ0n) is 10.2. The van der Waals surface area contributed by atoms with Crippen molar-refractivity contribution in [3.8, 4) is 0 Å². The first kappa shape index (κ1) is 12.0. The molecule has 1 atom stereocenters. The van der Waals surface area contributed by atoms with Gasteiger partial charge in [0.2, 0.25) is 0 Å². The Morgan fingerprint density at radius 1 is 1.47 bits per heavy atom. The summed E-state index contributed by atoms with van der Waals surface area (Å²) in [4.78, 5) is 13.3. The molecular formula is C12H18N2O3. The van der Waals surface area contributed by atoms with E-state index in [9.17, 15) is 9.90 Å². The van der Waals surface area contributed by atoms with Crippen LogP contribution in [0, 0.1) is 5.92 Å².